The normalized spacial score (nSPS) is 29.8. The Morgan fingerprint density at radius 2 is 2.05 bits per heavy atom. The molecule has 22 heavy (non-hydrogen) atoms. The number of hydrogen-bond donors (Lipinski definition) is 0. The number of alkyl halides is 1. The highest BCUT2D eigenvalue weighted by Crippen LogP contribution is 2.58. The van der Waals surface area contributed by atoms with Crippen molar-refractivity contribution in [1.29, 1.82) is 0 Å². The first-order chi connectivity index (χ1) is 10.2. The van der Waals surface area contributed by atoms with Gasteiger partial charge in [0.05, 0.1) is 7.11 Å². The van der Waals surface area contributed by atoms with Crippen LogP contribution in [0.2, 0.25) is 0 Å². The number of ether oxygens (including phenoxy) is 2. The molecule has 3 atom stereocenters. The van der Waals surface area contributed by atoms with Crippen molar-refractivity contribution in [3.8, 4) is 0 Å². The number of hydrogen-bond acceptors (Lipinski definition) is 4. The molecule has 0 aromatic rings. The molecule has 1 amide bonds. The van der Waals surface area contributed by atoms with Gasteiger partial charge in [-0.3, -0.25) is 4.90 Å². The van der Waals surface area contributed by atoms with Crippen LogP contribution in [0.1, 0.15) is 33.6 Å². The lowest BCUT2D eigenvalue weighted by molar-refractivity contribution is -0.154. The number of amides is 1. The molecule has 0 N–H and O–H groups in total. The standard InChI is InChI=1S/C16H24ClNO4/c1-10(8-17)7-16(13(19)21-5)12-6-11(12)9-18(16)14(20)22-15(2,3)4/h11-12H,1,6-9H2,2-5H3/t11-,12-,16?/m0/s1. The van der Waals surface area contributed by atoms with Gasteiger partial charge in [0, 0.05) is 18.8 Å². The number of nitrogens with zero attached hydrogens (tertiary/aromatic N) is 1. The van der Waals surface area contributed by atoms with Crippen molar-refractivity contribution < 1.29 is 19.1 Å². The van der Waals surface area contributed by atoms with Crippen LogP contribution in [0.5, 0.6) is 0 Å². The minimum atomic E-state index is -1.02. The summed E-state index contributed by atoms with van der Waals surface area (Å²) in [4.78, 5) is 26.6. The lowest BCUT2D eigenvalue weighted by atomic mass is 9.86. The van der Waals surface area contributed by atoms with Crippen molar-refractivity contribution in [1.82, 2.24) is 4.90 Å². The Balaban J connectivity index is 2.33. The second kappa shape index (κ2) is 5.76. The van der Waals surface area contributed by atoms with Gasteiger partial charge in [0.2, 0.25) is 0 Å². The lowest BCUT2D eigenvalue weighted by Crippen LogP contribution is -2.57. The second-order valence-corrected chi connectivity index (χ2v) is 7.44. The van der Waals surface area contributed by atoms with Crippen molar-refractivity contribution in [2.75, 3.05) is 19.5 Å². The molecule has 1 saturated heterocycles. The molecule has 1 unspecified atom stereocenters. The molecular weight excluding hydrogens is 306 g/mol. The monoisotopic (exact) mass is 329 g/mol. The summed E-state index contributed by atoms with van der Waals surface area (Å²) in [6.07, 6.45) is 0.764. The highest BCUT2D eigenvalue weighted by Gasteiger charge is 2.68. The van der Waals surface area contributed by atoms with Crippen LogP contribution in [-0.2, 0) is 14.3 Å². The third kappa shape index (κ3) is 2.96. The van der Waals surface area contributed by atoms with E-state index < -0.39 is 23.2 Å². The van der Waals surface area contributed by atoms with Crippen LogP contribution in [0.15, 0.2) is 12.2 Å². The molecule has 6 heteroatoms. The zero-order valence-electron chi connectivity index (χ0n) is 13.6. The number of carbonyl (C=O) groups is 2. The summed E-state index contributed by atoms with van der Waals surface area (Å²) in [5.41, 5.74) is -0.920. The zero-order chi connectivity index (χ0) is 16.7. The topological polar surface area (TPSA) is 55.8 Å². The van der Waals surface area contributed by atoms with Crippen LogP contribution in [0.25, 0.3) is 0 Å². The maximum Gasteiger partial charge on any atom is 0.411 e. The van der Waals surface area contributed by atoms with Crippen LogP contribution in [0.3, 0.4) is 0 Å². The summed E-state index contributed by atoms with van der Waals surface area (Å²) < 4.78 is 10.5. The fourth-order valence-corrected chi connectivity index (χ4v) is 3.45. The number of piperidine rings is 1. The molecule has 1 saturated carbocycles. The van der Waals surface area contributed by atoms with Gasteiger partial charge in [-0.1, -0.05) is 12.2 Å². The predicted molar refractivity (Wildman–Crippen MR) is 83.8 cm³/mol. The molecule has 2 fully saturated rings. The summed E-state index contributed by atoms with van der Waals surface area (Å²) in [7, 11) is 1.34. The van der Waals surface area contributed by atoms with Crippen molar-refractivity contribution in [3.05, 3.63) is 12.2 Å². The molecule has 1 aliphatic carbocycles. The predicted octanol–water partition coefficient (Wildman–Crippen LogP) is 2.97. The summed E-state index contributed by atoms with van der Waals surface area (Å²) in [5, 5.41) is 0. The Morgan fingerprint density at radius 1 is 1.41 bits per heavy atom. The largest absolute Gasteiger partial charge is 0.467 e. The Morgan fingerprint density at radius 3 is 2.55 bits per heavy atom. The third-order valence-corrected chi connectivity index (χ3v) is 4.67. The molecule has 124 valence electrons. The molecular formula is C16H24ClNO4. The van der Waals surface area contributed by atoms with Crippen molar-refractivity contribution >= 4 is 23.7 Å². The van der Waals surface area contributed by atoms with Crippen LogP contribution in [-0.4, -0.2) is 47.6 Å². The van der Waals surface area contributed by atoms with Gasteiger partial charge < -0.3 is 9.47 Å². The van der Waals surface area contributed by atoms with E-state index in [4.69, 9.17) is 21.1 Å². The van der Waals surface area contributed by atoms with Gasteiger partial charge in [-0.05, 0) is 39.0 Å². The molecule has 2 aliphatic rings. The molecule has 0 radical (unpaired) electrons. The van der Waals surface area contributed by atoms with Crippen LogP contribution >= 0.6 is 11.6 Å². The quantitative estimate of drug-likeness (QED) is 0.452. The minimum Gasteiger partial charge on any atom is -0.467 e. The van der Waals surface area contributed by atoms with Gasteiger partial charge in [0.1, 0.15) is 5.60 Å². The maximum absolute atomic E-state index is 12.6. The molecule has 0 aromatic heterocycles. The highest BCUT2D eigenvalue weighted by molar-refractivity contribution is 6.19. The van der Waals surface area contributed by atoms with Crippen LogP contribution in [0.4, 0.5) is 4.79 Å². The average Bonchev–Trinajstić information content (AvgIpc) is 3.13. The Hall–Kier alpha value is -1.23. The van der Waals surface area contributed by atoms with Gasteiger partial charge >= 0.3 is 12.1 Å². The number of esters is 1. The van der Waals surface area contributed by atoms with Crippen molar-refractivity contribution in [3.63, 3.8) is 0 Å². The van der Waals surface area contributed by atoms with E-state index in [2.05, 4.69) is 6.58 Å². The number of likely N-dealkylation sites (tertiary alicyclic amines) is 1. The first-order valence-corrected chi connectivity index (χ1v) is 8.01. The highest BCUT2D eigenvalue weighted by atomic mass is 35.5. The first kappa shape index (κ1) is 17.1. The van der Waals surface area contributed by atoms with Gasteiger partial charge in [0.15, 0.2) is 5.54 Å². The number of rotatable bonds is 4. The van der Waals surface area contributed by atoms with Crippen LogP contribution in [0, 0.1) is 11.8 Å². The Labute approximate surface area is 136 Å². The number of carbonyl (C=O) groups excluding carboxylic acids is 2. The smallest absolute Gasteiger partial charge is 0.411 e. The van der Waals surface area contributed by atoms with Gasteiger partial charge in [-0.25, -0.2) is 9.59 Å². The summed E-state index contributed by atoms with van der Waals surface area (Å²) in [6.45, 7) is 9.83. The summed E-state index contributed by atoms with van der Waals surface area (Å²) in [5.74, 6) is 0.273. The summed E-state index contributed by atoms with van der Waals surface area (Å²) in [6, 6.07) is 0. The fourth-order valence-electron chi connectivity index (χ4n) is 3.35. The van der Waals surface area contributed by atoms with Crippen LogP contribution < -0.4 is 0 Å². The van der Waals surface area contributed by atoms with Gasteiger partial charge in [0.25, 0.3) is 0 Å². The van der Waals surface area contributed by atoms with E-state index in [1.54, 1.807) is 20.8 Å². The first-order valence-electron chi connectivity index (χ1n) is 7.47. The molecule has 0 spiro atoms. The molecule has 2 rings (SSSR count). The zero-order valence-corrected chi connectivity index (χ0v) is 14.4. The molecule has 5 nitrogen and oxygen atoms in total. The van der Waals surface area contributed by atoms with Crippen molar-refractivity contribution in [2.24, 2.45) is 11.8 Å². The van der Waals surface area contributed by atoms with Crippen molar-refractivity contribution in [2.45, 2.75) is 44.8 Å². The average molecular weight is 330 g/mol. The number of fused-ring (bicyclic) bond motifs is 1. The third-order valence-electron chi connectivity index (χ3n) is 4.30. The summed E-state index contributed by atoms with van der Waals surface area (Å²) >= 11 is 5.85. The Kier molecular flexibility index (Phi) is 4.49. The van der Waals surface area contributed by atoms with Gasteiger partial charge in [-0.15, -0.1) is 11.6 Å². The SMILES string of the molecule is C=C(CCl)CC1(C(=O)OC)[C@H]2C[C@H]2CN1C(=O)OC(C)(C)C. The lowest BCUT2D eigenvalue weighted by Gasteiger charge is -2.39. The van der Waals surface area contributed by atoms with E-state index >= 15 is 0 Å². The van der Waals surface area contributed by atoms with E-state index in [-0.39, 0.29) is 11.8 Å². The van der Waals surface area contributed by atoms with E-state index in [1.165, 1.54) is 12.0 Å². The van der Waals surface area contributed by atoms with E-state index in [0.29, 0.717) is 24.5 Å². The fraction of sp³-hybridized carbons (Fsp3) is 0.750. The van der Waals surface area contributed by atoms with E-state index in [9.17, 15) is 9.59 Å². The van der Waals surface area contributed by atoms with Gasteiger partial charge in [-0.2, -0.15) is 0 Å². The molecule has 0 bridgehead atoms. The van der Waals surface area contributed by atoms with E-state index in [0.717, 1.165) is 6.42 Å². The second-order valence-electron chi connectivity index (χ2n) is 7.17. The number of methoxy groups -OCH3 is 1. The minimum absolute atomic E-state index is 0.104. The van der Waals surface area contributed by atoms with E-state index in [1.807, 2.05) is 0 Å². The number of halogens is 1. The molecule has 0 aromatic carbocycles. The Bertz CT molecular complexity index is 499. The molecule has 1 heterocycles. The maximum atomic E-state index is 12.6. The molecule has 1 aliphatic heterocycles.